The van der Waals surface area contributed by atoms with E-state index in [4.69, 9.17) is 9.47 Å². The molecule has 172 valence electrons. The lowest BCUT2D eigenvalue weighted by Crippen LogP contribution is -2.25. The molecule has 0 aliphatic heterocycles. The van der Waals surface area contributed by atoms with Gasteiger partial charge in [0.1, 0.15) is 23.1 Å². The van der Waals surface area contributed by atoms with E-state index in [0.717, 1.165) is 43.6 Å². The molecule has 5 heteroatoms. The number of ether oxygens (including phenoxy) is 2. The largest absolute Gasteiger partial charge is 0.426 e. The van der Waals surface area contributed by atoms with Crippen LogP contribution in [0, 0.1) is 23.2 Å². The van der Waals surface area contributed by atoms with E-state index in [1.165, 1.54) is 18.9 Å². The van der Waals surface area contributed by atoms with Crippen molar-refractivity contribution in [2.45, 2.75) is 58.8 Å². The minimum Gasteiger partial charge on any atom is -0.426 e. The van der Waals surface area contributed by atoms with E-state index < -0.39 is 5.97 Å². The van der Waals surface area contributed by atoms with Gasteiger partial charge in [0.25, 0.3) is 0 Å². The summed E-state index contributed by atoms with van der Waals surface area (Å²) in [5, 5.41) is 9.40. The summed E-state index contributed by atoms with van der Waals surface area (Å²) in [4.78, 5) is 24.9. The molecule has 2 aromatic carbocycles. The molecule has 0 N–H and O–H groups in total. The van der Waals surface area contributed by atoms with Crippen molar-refractivity contribution in [3.05, 3.63) is 65.2 Å². The van der Waals surface area contributed by atoms with Crippen LogP contribution in [0.5, 0.6) is 11.5 Å². The minimum absolute atomic E-state index is 0.0379. The molecule has 33 heavy (non-hydrogen) atoms. The molecule has 0 spiro atoms. The van der Waals surface area contributed by atoms with Crippen LogP contribution in [0.25, 0.3) is 6.08 Å². The van der Waals surface area contributed by atoms with Gasteiger partial charge in [0.05, 0.1) is 5.92 Å². The third-order valence-electron chi connectivity index (χ3n) is 6.17. The van der Waals surface area contributed by atoms with Gasteiger partial charge in [-0.25, -0.2) is 4.79 Å². The summed E-state index contributed by atoms with van der Waals surface area (Å²) in [6.07, 6.45) is 8.74. The highest BCUT2D eigenvalue weighted by Gasteiger charge is 2.27. The predicted octanol–water partition coefficient (Wildman–Crippen LogP) is 6.27. The summed E-state index contributed by atoms with van der Waals surface area (Å²) >= 11 is 0. The van der Waals surface area contributed by atoms with Crippen molar-refractivity contribution >= 4 is 18.0 Å². The van der Waals surface area contributed by atoms with Crippen LogP contribution in [0.4, 0.5) is 0 Å². The molecule has 5 nitrogen and oxygen atoms in total. The van der Waals surface area contributed by atoms with Crippen LogP contribution in [0.2, 0.25) is 0 Å². The molecule has 0 bridgehead atoms. The van der Waals surface area contributed by atoms with Gasteiger partial charge in [-0.2, -0.15) is 5.26 Å². The Morgan fingerprint density at radius 3 is 2.12 bits per heavy atom. The number of rotatable bonds is 8. The van der Waals surface area contributed by atoms with Crippen molar-refractivity contribution in [1.82, 2.24) is 0 Å². The van der Waals surface area contributed by atoms with Crippen molar-refractivity contribution < 1.29 is 19.1 Å². The standard InChI is InChI=1S/C28H31NO4/c1-3-5-21-6-12-23(13-7-21)27(30)32-26-16-10-22(11-17-26)18-24(19-29)28(31)33-25-14-8-20(4-2)9-15-25/h8-11,14-18,21,23H,3-7,12-13H2,1-2H3. The fourth-order valence-corrected chi connectivity index (χ4v) is 4.19. The number of hydrogen-bond donors (Lipinski definition) is 0. The van der Waals surface area contributed by atoms with Gasteiger partial charge in [-0.3, -0.25) is 4.79 Å². The average Bonchev–Trinajstić information content (AvgIpc) is 2.84. The maximum absolute atomic E-state index is 12.5. The average molecular weight is 446 g/mol. The van der Waals surface area contributed by atoms with Crippen LogP contribution >= 0.6 is 0 Å². The summed E-state index contributed by atoms with van der Waals surface area (Å²) in [5.41, 5.74) is 1.67. The van der Waals surface area contributed by atoms with Crippen LogP contribution in [0.3, 0.4) is 0 Å². The molecule has 0 amide bonds. The molecule has 3 rings (SSSR count). The number of esters is 2. The Morgan fingerprint density at radius 2 is 1.55 bits per heavy atom. The molecule has 0 radical (unpaired) electrons. The highest BCUT2D eigenvalue weighted by Crippen LogP contribution is 2.32. The van der Waals surface area contributed by atoms with E-state index in [1.807, 2.05) is 25.1 Å². The molecule has 0 atom stereocenters. The highest BCUT2D eigenvalue weighted by atomic mass is 16.5. The monoisotopic (exact) mass is 445 g/mol. The molecule has 2 aromatic rings. The van der Waals surface area contributed by atoms with Crippen LogP contribution in [-0.4, -0.2) is 11.9 Å². The number of nitrogens with zero attached hydrogens (tertiary/aromatic N) is 1. The predicted molar refractivity (Wildman–Crippen MR) is 127 cm³/mol. The first kappa shape index (κ1) is 24.3. The third-order valence-corrected chi connectivity index (χ3v) is 6.17. The third kappa shape index (κ3) is 7.05. The van der Waals surface area contributed by atoms with Crippen molar-refractivity contribution in [3.63, 3.8) is 0 Å². The molecular formula is C28H31NO4. The zero-order valence-corrected chi connectivity index (χ0v) is 19.4. The van der Waals surface area contributed by atoms with E-state index in [2.05, 4.69) is 6.92 Å². The number of hydrogen-bond acceptors (Lipinski definition) is 5. The van der Waals surface area contributed by atoms with Crippen LogP contribution in [0.1, 0.15) is 63.5 Å². The van der Waals surface area contributed by atoms with Gasteiger partial charge < -0.3 is 9.47 Å². The SMILES string of the molecule is CCCC1CCC(C(=O)Oc2ccc(C=C(C#N)C(=O)Oc3ccc(CC)cc3)cc2)CC1. The van der Waals surface area contributed by atoms with Gasteiger partial charge in [-0.15, -0.1) is 0 Å². The number of carbonyl (C=O) groups excluding carboxylic acids is 2. The maximum Gasteiger partial charge on any atom is 0.354 e. The highest BCUT2D eigenvalue weighted by molar-refractivity contribution is 5.99. The lowest BCUT2D eigenvalue weighted by Gasteiger charge is -2.26. The first-order valence-corrected chi connectivity index (χ1v) is 11.8. The van der Waals surface area contributed by atoms with Gasteiger partial charge in [0.2, 0.25) is 0 Å². The van der Waals surface area contributed by atoms with E-state index in [1.54, 1.807) is 36.4 Å². The number of aryl methyl sites for hydroxylation is 1. The lowest BCUT2D eigenvalue weighted by atomic mass is 9.80. The maximum atomic E-state index is 12.5. The minimum atomic E-state index is -0.712. The van der Waals surface area contributed by atoms with Gasteiger partial charge in [-0.05, 0) is 79.5 Å². The fourth-order valence-electron chi connectivity index (χ4n) is 4.19. The van der Waals surface area contributed by atoms with Gasteiger partial charge >= 0.3 is 11.9 Å². The van der Waals surface area contributed by atoms with Crippen LogP contribution in [0.15, 0.2) is 54.1 Å². The molecule has 0 aromatic heterocycles. The first-order valence-electron chi connectivity index (χ1n) is 11.8. The molecule has 1 aliphatic carbocycles. The van der Waals surface area contributed by atoms with Crippen LogP contribution < -0.4 is 9.47 Å². The zero-order valence-electron chi connectivity index (χ0n) is 19.4. The lowest BCUT2D eigenvalue weighted by molar-refractivity contribution is -0.140. The van der Waals surface area contributed by atoms with Crippen molar-refractivity contribution in [2.24, 2.45) is 11.8 Å². The number of benzene rings is 2. The Labute approximate surface area is 196 Å². The second kappa shape index (κ2) is 12.0. The Balaban J connectivity index is 1.57. The molecular weight excluding hydrogens is 414 g/mol. The summed E-state index contributed by atoms with van der Waals surface area (Å²) in [6.45, 7) is 4.25. The van der Waals surface area contributed by atoms with Crippen molar-refractivity contribution in [1.29, 1.82) is 5.26 Å². The summed E-state index contributed by atoms with van der Waals surface area (Å²) < 4.78 is 10.9. The molecule has 0 heterocycles. The first-order chi connectivity index (χ1) is 16.0. The Hall–Kier alpha value is -3.39. The second-order valence-electron chi connectivity index (χ2n) is 8.55. The Bertz CT molecular complexity index is 1010. The summed E-state index contributed by atoms with van der Waals surface area (Å²) in [6, 6.07) is 15.9. The second-order valence-corrected chi connectivity index (χ2v) is 8.55. The Kier molecular flexibility index (Phi) is 8.83. The van der Waals surface area contributed by atoms with E-state index >= 15 is 0 Å². The molecule has 1 fully saturated rings. The molecule has 0 unspecified atom stereocenters. The van der Waals surface area contributed by atoms with Gasteiger partial charge in [0, 0.05) is 0 Å². The van der Waals surface area contributed by atoms with Crippen LogP contribution in [-0.2, 0) is 16.0 Å². The molecule has 1 saturated carbocycles. The summed E-state index contributed by atoms with van der Waals surface area (Å²) in [7, 11) is 0. The van der Waals surface area contributed by atoms with Gasteiger partial charge in [0.15, 0.2) is 0 Å². The fraction of sp³-hybridized carbons (Fsp3) is 0.393. The van der Waals surface area contributed by atoms with E-state index in [0.29, 0.717) is 17.1 Å². The van der Waals surface area contributed by atoms with Crippen molar-refractivity contribution in [3.8, 4) is 17.6 Å². The van der Waals surface area contributed by atoms with E-state index in [9.17, 15) is 14.9 Å². The molecule has 0 saturated heterocycles. The van der Waals surface area contributed by atoms with Crippen molar-refractivity contribution in [2.75, 3.05) is 0 Å². The molecule has 1 aliphatic rings. The quantitative estimate of drug-likeness (QED) is 0.207. The summed E-state index contributed by atoms with van der Waals surface area (Å²) in [5.74, 6) is 0.666. The Morgan fingerprint density at radius 1 is 0.939 bits per heavy atom. The smallest absolute Gasteiger partial charge is 0.354 e. The van der Waals surface area contributed by atoms with E-state index in [-0.39, 0.29) is 17.5 Å². The number of nitriles is 1. The topological polar surface area (TPSA) is 76.4 Å². The number of carbonyl (C=O) groups is 2. The zero-order chi connectivity index (χ0) is 23.6. The van der Waals surface area contributed by atoms with Gasteiger partial charge in [-0.1, -0.05) is 51.0 Å². The normalized spacial score (nSPS) is 18.3.